The smallest absolute Gasteiger partial charge is 0.254 e. The summed E-state index contributed by atoms with van der Waals surface area (Å²) in [4.78, 5) is 13.9. The van der Waals surface area contributed by atoms with Crippen molar-refractivity contribution < 1.29 is 14.3 Å². The maximum Gasteiger partial charge on any atom is 0.254 e. The number of nitrogen functional groups attached to an aromatic ring is 1. The van der Waals surface area contributed by atoms with Crippen LogP contribution in [0.25, 0.3) is 0 Å². The normalized spacial score (nSPS) is 18.4. The number of halogens is 1. The standard InChI is InChI=1S/C14H19FN2O2/c1-9-11(15)7-10(8-12(9)16)13(18)17-5-3-14(2,19)4-6-17/h7-8,19H,3-6,16H2,1-2H3. The third-order valence-electron chi connectivity index (χ3n) is 3.76. The van der Waals surface area contributed by atoms with Gasteiger partial charge in [0.25, 0.3) is 5.91 Å². The monoisotopic (exact) mass is 266 g/mol. The zero-order valence-electron chi connectivity index (χ0n) is 11.2. The number of carbonyl (C=O) groups excluding carboxylic acids is 1. The van der Waals surface area contributed by atoms with Crippen molar-refractivity contribution in [2.75, 3.05) is 18.8 Å². The molecule has 0 aliphatic carbocycles. The van der Waals surface area contributed by atoms with Crippen LogP contribution in [-0.4, -0.2) is 34.6 Å². The van der Waals surface area contributed by atoms with E-state index in [0.717, 1.165) is 0 Å². The van der Waals surface area contributed by atoms with Crippen LogP contribution in [0.15, 0.2) is 12.1 Å². The number of piperidine rings is 1. The summed E-state index contributed by atoms with van der Waals surface area (Å²) < 4.78 is 13.6. The summed E-state index contributed by atoms with van der Waals surface area (Å²) in [6.45, 7) is 4.29. The van der Waals surface area contributed by atoms with Gasteiger partial charge < -0.3 is 15.7 Å². The van der Waals surface area contributed by atoms with Gasteiger partial charge in [0.15, 0.2) is 0 Å². The molecule has 1 amide bonds. The van der Waals surface area contributed by atoms with Gasteiger partial charge in [0.1, 0.15) is 5.82 Å². The number of carbonyl (C=O) groups is 1. The van der Waals surface area contributed by atoms with Gasteiger partial charge in [-0.15, -0.1) is 0 Å². The average molecular weight is 266 g/mol. The second kappa shape index (κ2) is 4.81. The van der Waals surface area contributed by atoms with Gasteiger partial charge >= 0.3 is 0 Å². The Morgan fingerprint density at radius 2 is 2.00 bits per heavy atom. The summed E-state index contributed by atoms with van der Waals surface area (Å²) in [5.74, 6) is -0.701. The molecular weight excluding hydrogens is 247 g/mol. The number of aliphatic hydroxyl groups is 1. The first-order chi connectivity index (χ1) is 8.80. The second-order valence-electron chi connectivity index (χ2n) is 5.46. The molecule has 0 spiro atoms. The summed E-state index contributed by atoms with van der Waals surface area (Å²) in [5, 5.41) is 9.85. The minimum absolute atomic E-state index is 0.235. The van der Waals surface area contributed by atoms with E-state index in [9.17, 15) is 14.3 Å². The highest BCUT2D eigenvalue weighted by Gasteiger charge is 2.30. The number of nitrogens with two attached hydrogens (primary N) is 1. The van der Waals surface area contributed by atoms with Crippen molar-refractivity contribution in [3.8, 4) is 0 Å². The van der Waals surface area contributed by atoms with E-state index in [0.29, 0.717) is 31.5 Å². The van der Waals surface area contributed by atoms with E-state index in [1.54, 1.807) is 18.7 Å². The molecule has 1 aromatic rings. The first-order valence-corrected chi connectivity index (χ1v) is 6.37. The molecule has 0 radical (unpaired) electrons. The summed E-state index contributed by atoms with van der Waals surface area (Å²) in [6.07, 6.45) is 1.06. The molecule has 2 rings (SSSR count). The maximum atomic E-state index is 13.6. The number of amides is 1. The van der Waals surface area contributed by atoms with Gasteiger partial charge in [-0.1, -0.05) is 0 Å². The highest BCUT2D eigenvalue weighted by atomic mass is 19.1. The van der Waals surface area contributed by atoms with Gasteiger partial charge in [-0.25, -0.2) is 4.39 Å². The number of benzene rings is 1. The number of rotatable bonds is 1. The van der Waals surface area contributed by atoms with Crippen LogP contribution >= 0.6 is 0 Å². The van der Waals surface area contributed by atoms with E-state index in [-0.39, 0.29) is 17.2 Å². The van der Waals surface area contributed by atoms with E-state index < -0.39 is 11.4 Å². The zero-order valence-corrected chi connectivity index (χ0v) is 11.2. The van der Waals surface area contributed by atoms with E-state index in [1.807, 2.05) is 0 Å². The number of hydrogen-bond donors (Lipinski definition) is 2. The van der Waals surface area contributed by atoms with E-state index in [2.05, 4.69) is 0 Å². The van der Waals surface area contributed by atoms with Gasteiger partial charge in [-0.2, -0.15) is 0 Å². The lowest BCUT2D eigenvalue weighted by atomic mass is 9.93. The van der Waals surface area contributed by atoms with Crippen molar-refractivity contribution in [3.63, 3.8) is 0 Å². The Bertz CT molecular complexity index is 481. The van der Waals surface area contributed by atoms with Crippen LogP contribution in [0.1, 0.15) is 35.7 Å². The largest absolute Gasteiger partial charge is 0.398 e. The molecule has 0 atom stereocenters. The summed E-state index contributed by atoms with van der Waals surface area (Å²) in [7, 11) is 0. The Hall–Kier alpha value is -1.62. The number of anilines is 1. The van der Waals surface area contributed by atoms with Crippen LogP contribution in [0.2, 0.25) is 0 Å². The highest BCUT2D eigenvalue weighted by Crippen LogP contribution is 2.24. The molecule has 0 bridgehead atoms. The Labute approximate surface area is 112 Å². The fourth-order valence-electron chi connectivity index (χ4n) is 2.20. The van der Waals surface area contributed by atoms with Crippen LogP contribution in [-0.2, 0) is 0 Å². The first kappa shape index (κ1) is 13.8. The topological polar surface area (TPSA) is 66.6 Å². The highest BCUT2D eigenvalue weighted by molar-refractivity contribution is 5.95. The fraction of sp³-hybridized carbons (Fsp3) is 0.500. The third kappa shape index (κ3) is 2.87. The molecule has 1 saturated heterocycles. The zero-order chi connectivity index (χ0) is 14.2. The molecule has 3 N–H and O–H groups in total. The van der Waals surface area contributed by atoms with Crippen molar-refractivity contribution in [1.82, 2.24) is 4.90 Å². The first-order valence-electron chi connectivity index (χ1n) is 6.37. The molecule has 1 heterocycles. The molecule has 4 nitrogen and oxygen atoms in total. The van der Waals surface area contributed by atoms with E-state index in [4.69, 9.17) is 5.73 Å². The van der Waals surface area contributed by atoms with Crippen LogP contribution < -0.4 is 5.73 Å². The predicted molar refractivity (Wildman–Crippen MR) is 71.3 cm³/mol. The molecular formula is C14H19FN2O2. The van der Waals surface area contributed by atoms with Crippen molar-refractivity contribution in [2.45, 2.75) is 32.3 Å². The summed E-state index contributed by atoms with van der Waals surface area (Å²) in [6, 6.07) is 2.73. The van der Waals surface area contributed by atoms with Gasteiger partial charge in [-0.05, 0) is 38.8 Å². The predicted octanol–water partition coefficient (Wildman–Crippen LogP) is 1.70. The number of hydrogen-bond acceptors (Lipinski definition) is 3. The van der Waals surface area contributed by atoms with Crippen molar-refractivity contribution in [3.05, 3.63) is 29.1 Å². The molecule has 1 aliphatic heterocycles. The molecule has 1 aliphatic rings. The van der Waals surface area contributed by atoms with E-state index >= 15 is 0 Å². The molecule has 0 unspecified atom stereocenters. The fourth-order valence-corrected chi connectivity index (χ4v) is 2.20. The second-order valence-corrected chi connectivity index (χ2v) is 5.46. The number of nitrogens with zero attached hydrogens (tertiary/aromatic N) is 1. The molecule has 1 fully saturated rings. The lowest BCUT2D eigenvalue weighted by Crippen LogP contribution is -2.45. The Kier molecular flexibility index (Phi) is 3.49. The van der Waals surface area contributed by atoms with Gasteiger partial charge in [-0.3, -0.25) is 4.79 Å². The molecule has 0 saturated carbocycles. The lowest BCUT2D eigenvalue weighted by molar-refractivity contribution is -0.00203. The summed E-state index contributed by atoms with van der Waals surface area (Å²) in [5.41, 5.74) is 5.88. The Morgan fingerprint density at radius 1 is 1.42 bits per heavy atom. The minimum atomic E-state index is -0.714. The van der Waals surface area contributed by atoms with Crippen LogP contribution in [0.3, 0.4) is 0 Å². The van der Waals surface area contributed by atoms with Crippen LogP contribution in [0.4, 0.5) is 10.1 Å². The molecule has 19 heavy (non-hydrogen) atoms. The Morgan fingerprint density at radius 3 is 2.53 bits per heavy atom. The van der Waals surface area contributed by atoms with Crippen LogP contribution in [0.5, 0.6) is 0 Å². The molecule has 1 aromatic carbocycles. The third-order valence-corrected chi connectivity index (χ3v) is 3.76. The SMILES string of the molecule is Cc1c(N)cc(C(=O)N2CCC(C)(O)CC2)cc1F. The van der Waals surface area contributed by atoms with E-state index in [1.165, 1.54) is 12.1 Å². The Balaban J connectivity index is 2.17. The van der Waals surface area contributed by atoms with Crippen molar-refractivity contribution >= 4 is 11.6 Å². The van der Waals surface area contributed by atoms with Crippen molar-refractivity contribution in [1.29, 1.82) is 0 Å². The maximum absolute atomic E-state index is 13.6. The van der Waals surface area contributed by atoms with Crippen molar-refractivity contribution in [2.24, 2.45) is 0 Å². The summed E-state index contributed by atoms with van der Waals surface area (Å²) >= 11 is 0. The molecule has 104 valence electrons. The van der Waals surface area contributed by atoms with Gasteiger partial charge in [0.05, 0.1) is 5.60 Å². The number of likely N-dealkylation sites (tertiary alicyclic amines) is 1. The minimum Gasteiger partial charge on any atom is -0.398 e. The quantitative estimate of drug-likeness (QED) is 0.760. The van der Waals surface area contributed by atoms with Crippen LogP contribution in [0, 0.1) is 12.7 Å². The molecule has 5 heteroatoms. The van der Waals surface area contributed by atoms with Gasteiger partial charge in [0, 0.05) is 29.9 Å². The molecule has 0 aromatic heterocycles. The average Bonchev–Trinajstić information content (AvgIpc) is 2.34. The lowest BCUT2D eigenvalue weighted by Gasteiger charge is -2.35. The van der Waals surface area contributed by atoms with Gasteiger partial charge in [0.2, 0.25) is 0 Å².